The van der Waals surface area contributed by atoms with Crippen molar-refractivity contribution >= 4 is 45.6 Å². The van der Waals surface area contributed by atoms with Crippen molar-refractivity contribution in [2.45, 2.75) is 0 Å². The number of hydrogen-bond donors (Lipinski definition) is 2. The maximum Gasteiger partial charge on any atom is 0.259 e. The second-order valence-corrected chi connectivity index (χ2v) is 5.89. The van der Waals surface area contributed by atoms with E-state index in [0.29, 0.717) is 10.6 Å². The van der Waals surface area contributed by atoms with Gasteiger partial charge in [-0.05, 0) is 35.9 Å². The van der Waals surface area contributed by atoms with Gasteiger partial charge in [0.2, 0.25) is 0 Å². The zero-order valence-electron chi connectivity index (χ0n) is 11.9. The third kappa shape index (κ3) is 5.84. The fraction of sp³-hybridized carbons (Fsp3) is 0.0625. The molecule has 2 rings (SSSR count). The smallest absolute Gasteiger partial charge is 0.259 e. The summed E-state index contributed by atoms with van der Waals surface area (Å²) in [7, 11) is 0. The number of hydrazone groups is 1. The van der Waals surface area contributed by atoms with E-state index in [1.807, 2.05) is 24.3 Å². The van der Waals surface area contributed by atoms with Gasteiger partial charge in [-0.1, -0.05) is 45.7 Å². The summed E-state index contributed by atoms with van der Waals surface area (Å²) in [4.78, 5) is 23.5. The van der Waals surface area contributed by atoms with E-state index < -0.39 is 5.91 Å². The molecule has 2 N–H and O–H groups in total. The minimum Gasteiger partial charge on any atom is -0.343 e. The van der Waals surface area contributed by atoms with Crippen LogP contribution in [0.3, 0.4) is 0 Å². The van der Waals surface area contributed by atoms with E-state index in [1.54, 1.807) is 18.2 Å². The first-order valence-electron chi connectivity index (χ1n) is 6.66. The van der Waals surface area contributed by atoms with Gasteiger partial charge in [0.1, 0.15) is 0 Å². The molecule has 0 saturated heterocycles. The lowest BCUT2D eigenvalue weighted by Crippen LogP contribution is -2.34. The van der Waals surface area contributed by atoms with Gasteiger partial charge in [-0.15, -0.1) is 0 Å². The number of nitrogens with zero attached hydrogens (tertiary/aromatic N) is 1. The first kappa shape index (κ1) is 17.2. The Morgan fingerprint density at radius 3 is 2.70 bits per heavy atom. The van der Waals surface area contributed by atoms with Crippen LogP contribution in [0.5, 0.6) is 0 Å². The molecule has 118 valence electrons. The van der Waals surface area contributed by atoms with Crippen molar-refractivity contribution in [3.63, 3.8) is 0 Å². The lowest BCUT2D eigenvalue weighted by atomic mass is 10.2. The molecule has 0 saturated carbocycles. The van der Waals surface area contributed by atoms with Gasteiger partial charge in [0, 0.05) is 15.1 Å². The van der Waals surface area contributed by atoms with E-state index in [2.05, 4.69) is 31.8 Å². The van der Waals surface area contributed by atoms with Crippen LogP contribution in [0.4, 0.5) is 0 Å². The van der Waals surface area contributed by atoms with Gasteiger partial charge in [-0.2, -0.15) is 5.10 Å². The number of nitrogens with one attached hydrogen (secondary N) is 2. The number of halogens is 2. The van der Waals surface area contributed by atoms with E-state index in [1.165, 1.54) is 12.3 Å². The minimum absolute atomic E-state index is 0.179. The molecule has 0 aliphatic rings. The van der Waals surface area contributed by atoms with Crippen LogP contribution in [0.15, 0.2) is 58.1 Å². The van der Waals surface area contributed by atoms with E-state index in [-0.39, 0.29) is 12.5 Å². The van der Waals surface area contributed by atoms with Crippen molar-refractivity contribution in [2.24, 2.45) is 5.10 Å². The van der Waals surface area contributed by atoms with Crippen LogP contribution in [0.25, 0.3) is 0 Å². The molecule has 7 heteroatoms. The van der Waals surface area contributed by atoms with Crippen LogP contribution >= 0.6 is 27.5 Å². The Labute approximate surface area is 146 Å². The average Bonchev–Trinajstić information content (AvgIpc) is 2.52. The van der Waals surface area contributed by atoms with Crippen LogP contribution in [0.1, 0.15) is 15.9 Å². The molecule has 2 aromatic rings. The Morgan fingerprint density at radius 2 is 1.96 bits per heavy atom. The normalized spacial score (nSPS) is 10.5. The molecular formula is C16H13BrClN3O2. The lowest BCUT2D eigenvalue weighted by Gasteiger charge is -2.04. The number of amides is 2. The minimum atomic E-state index is -0.424. The SMILES string of the molecule is O=C(CNC(=O)c1cccc(Cl)c1)NN=Cc1cccc(Br)c1. The van der Waals surface area contributed by atoms with E-state index >= 15 is 0 Å². The number of benzene rings is 2. The Morgan fingerprint density at radius 1 is 1.17 bits per heavy atom. The Kier molecular flexibility index (Phi) is 6.31. The monoisotopic (exact) mass is 393 g/mol. The number of carbonyl (C=O) groups excluding carboxylic acids is 2. The van der Waals surface area contributed by atoms with Crippen molar-refractivity contribution < 1.29 is 9.59 Å². The van der Waals surface area contributed by atoms with Gasteiger partial charge >= 0.3 is 0 Å². The van der Waals surface area contributed by atoms with E-state index in [0.717, 1.165) is 10.0 Å². The summed E-state index contributed by atoms with van der Waals surface area (Å²) >= 11 is 9.15. The van der Waals surface area contributed by atoms with Gasteiger partial charge in [0.05, 0.1) is 12.8 Å². The third-order valence-electron chi connectivity index (χ3n) is 2.75. The van der Waals surface area contributed by atoms with Gasteiger partial charge in [-0.25, -0.2) is 5.43 Å². The van der Waals surface area contributed by atoms with E-state index in [4.69, 9.17) is 11.6 Å². The van der Waals surface area contributed by atoms with Gasteiger partial charge < -0.3 is 5.32 Å². The molecule has 2 amide bonds. The van der Waals surface area contributed by atoms with Gasteiger partial charge in [-0.3, -0.25) is 9.59 Å². The molecule has 0 aliphatic carbocycles. The summed E-state index contributed by atoms with van der Waals surface area (Å²) in [6.07, 6.45) is 1.52. The second kappa shape index (κ2) is 8.45. The van der Waals surface area contributed by atoms with Gasteiger partial charge in [0.15, 0.2) is 0 Å². The van der Waals surface area contributed by atoms with Crippen molar-refractivity contribution in [3.05, 3.63) is 69.2 Å². The molecule has 0 aliphatic heterocycles. The zero-order valence-corrected chi connectivity index (χ0v) is 14.3. The first-order valence-corrected chi connectivity index (χ1v) is 7.83. The van der Waals surface area contributed by atoms with Gasteiger partial charge in [0.25, 0.3) is 11.8 Å². The van der Waals surface area contributed by atoms with Crippen molar-refractivity contribution in [2.75, 3.05) is 6.54 Å². The highest BCUT2D eigenvalue weighted by Gasteiger charge is 2.07. The molecule has 0 unspecified atom stereocenters. The van der Waals surface area contributed by atoms with Crippen LogP contribution in [0.2, 0.25) is 5.02 Å². The third-order valence-corrected chi connectivity index (χ3v) is 3.48. The van der Waals surface area contributed by atoms with Crippen molar-refractivity contribution in [1.82, 2.24) is 10.7 Å². The summed E-state index contributed by atoms with van der Waals surface area (Å²) < 4.78 is 0.918. The molecule has 0 spiro atoms. The van der Waals surface area contributed by atoms with E-state index in [9.17, 15) is 9.59 Å². The van der Waals surface area contributed by atoms with Crippen LogP contribution < -0.4 is 10.7 Å². The van der Waals surface area contributed by atoms with Crippen LogP contribution in [-0.2, 0) is 4.79 Å². The largest absolute Gasteiger partial charge is 0.343 e. The molecule has 0 radical (unpaired) electrons. The van der Waals surface area contributed by atoms with Crippen molar-refractivity contribution in [1.29, 1.82) is 0 Å². The predicted molar refractivity (Wildman–Crippen MR) is 93.7 cm³/mol. The summed E-state index contributed by atoms with van der Waals surface area (Å²) in [6, 6.07) is 13.9. The highest BCUT2D eigenvalue weighted by atomic mass is 79.9. The molecule has 0 fully saturated rings. The molecule has 0 aromatic heterocycles. The zero-order chi connectivity index (χ0) is 16.7. The summed E-state index contributed by atoms with van der Waals surface area (Å²) in [5, 5.41) is 6.78. The first-order chi connectivity index (χ1) is 11.0. The molecular weight excluding hydrogens is 382 g/mol. The molecule has 0 bridgehead atoms. The topological polar surface area (TPSA) is 70.6 Å². The van der Waals surface area contributed by atoms with Crippen LogP contribution in [0, 0.1) is 0 Å². The maximum atomic E-state index is 11.8. The van der Waals surface area contributed by atoms with Crippen molar-refractivity contribution in [3.8, 4) is 0 Å². The molecule has 23 heavy (non-hydrogen) atoms. The molecule has 5 nitrogen and oxygen atoms in total. The number of hydrogen-bond acceptors (Lipinski definition) is 3. The Balaban J connectivity index is 1.80. The summed E-state index contributed by atoms with van der Waals surface area (Å²) in [5.74, 6) is -0.801. The predicted octanol–water partition coefficient (Wildman–Crippen LogP) is 2.98. The molecule has 0 atom stereocenters. The highest BCUT2D eigenvalue weighted by Crippen LogP contribution is 2.10. The quantitative estimate of drug-likeness (QED) is 0.604. The second-order valence-electron chi connectivity index (χ2n) is 4.54. The fourth-order valence-corrected chi connectivity index (χ4v) is 2.30. The number of rotatable bonds is 5. The summed E-state index contributed by atoms with van der Waals surface area (Å²) in [6.45, 7) is -0.179. The Bertz CT molecular complexity index is 750. The highest BCUT2D eigenvalue weighted by molar-refractivity contribution is 9.10. The summed E-state index contributed by atoms with van der Waals surface area (Å²) in [5.41, 5.74) is 3.57. The standard InChI is InChI=1S/C16H13BrClN3O2/c17-13-5-1-3-11(7-13)9-20-21-15(22)10-19-16(23)12-4-2-6-14(18)8-12/h1-9H,10H2,(H,19,23)(H,21,22). The molecule has 2 aromatic carbocycles. The fourth-order valence-electron chi connectivity index (χ4n) is 1.70. The maximum absolute atomic E-state index is 11.8. The molecule has 0 heterocycles. The lowest BCUT2D eigenvalue weighted by molar-refractivity contribution is -0.120. The number of carbonyl (C=O) groups is 2. The average molecular weight is 395 g/mol. The van der Waals surface area contributed by atoms with Crippen LogP contribution in [-0.4, -0.2) is 24.6 Å². The Hall–Kier alpha value is -2.18.